The van der Waals surface area contributed by atoms with Gasteiger partial charge in [0.15, 0.2) is 0 Å². The van der Waals surface area contributed by atoms with Gasteiger partial charge in [-0.25, -0.2) is 0 Å². The summed E-state index contributed by atoms with van der Waals surface area (Å²) in [5.74, 6) is -0.0566. The Balaban J connectivity index is 0.00000256. The fourth-order valence-electron chi connectivity index (χ4n) is 4.64. The van der Waals surface area contributed by atoms with Crippen LogP contribution in [0.15, 0.2) is 48.5 Å². The number of carbonyl (C=O) groups excluding carboxylic acids is 2. The highest BCUT2D eigenvalue weighted by Crippen LogP contribution is 2.40. The summed E-state index contributed by atoms with van der Waals surface area (Å²) < 4.78 is 0. The lowest BCUT2D eigenvalue weighted by Gasteiger charge is -2.35. The molecule has 1 fully saturated rings. The van der Waals surface area contributed by atoms with Crippen LogP contribution in [0.2, 0.25) is 0 Å². The van der Waals surface area contributed by atoms with Crippen molar-refractivity contribution in [2.24, 2.45) is 0 Å². The van der Waals surface area contributed by atoms with E-state index in [9.17, 15) is 9.59 Å². The number of hydrogen-bond acceptors (Lipinski definition) is 3. The van der Waals surface area contributed by atoms with Crippen LogP contribution in [0.4, 0.5) is 17.1 Å². The molecule has 5 nitrogen and oxygen atoms in total. The van der Waals surface area contributed by atoms with Crippen LogP contribution >= 0.6 is 12.4 Å². The van der Waals surface area contributed by atoms with Crippen molar-refractivity contribution < 1.29 is 9.59 Å². The quantitative estimate of drug-likeness (QED) is 0.688. The molecular formula is C24H30ClN3O2. The zero-order valence-electron chi connectivity index (χ0n) is 17.7. The van der Waals surface area contributed by atoms with Crippen LogP contribution < -0.4 is 9.80 Å². The van der Waals surface area contributed by atoms with E-state index in [4.69, 9.17) is 0 Å². The number of benzene rings is 2. The summed E-state index contributed by atoms with van der Waals surface area (Å²) >= 11 is 0. The highest BCUT2D eigenvalue weighted by molar-refractivity contribution is 6.18. The average molecular weight is 428 g/mol. The van der Waals surface area contributed by atoms with E-state index in [0.29, 0.717) is 23.7 Å². The predicted molar refractivity (Wildman–Crippen MR) is 124 cm³/mol. The molecule has 0 spiro atoms. The van der Waals surface area contributed by atoms with Gasteiger partial charge in [0.05, 0.1) is 22.6 Å². The molecule has 2 aliphatic rings. The van der Waals surface area contributed by atoms with Crippen LogP contribution in [0.25, 0.3) is 0 Å². The zero-order valence-corrected chi connectivity index (χ0v) is 18.5. The third-order valence-corrected chi connectivity index (χ3v) is 6.25. The molecular weight excluding hydrogens is 398 g/mol. The second-order valence-corrected chi connectivity index (χ2v) is 7.94. The van der Waals surface area contributed by atoms with Crippen molar-refractivity contribution in [1.82, 2.24) is 4.90 Å². The van der Waals surface area contributed by atoms with Crippen LogP contribution in [0, 0.1) is 0 Å². The topological polar surface area (TPSA) is 43.9 Å². The molecule has 0 bridgehead atoms. The zero-order chi connectivity index (χ0) is 20.4. The first-order valence-electron chi connectivity index (χ1n) is 10.6. The fourth-order valence-corrected chi connectivity index (χ4v) is 4.64. The number of halogens is 1. The average Bonchev–Trinajstić information content (AvgIpc) is 2.86. The first kappa shape index (κ1) is 22.3. The van der Waals surface area contributed by atoms with Crippen molar-refractivity contribution in [1.29, 1.82) is 0 Å². The van der Waals surface area contributed by atoms with E-state index in [-0.39, 0.29) is 24.2 Å². The second-order valence-electron chi connectivity index (χ2n) is 7.94. The van der Waals surface area contributed by atoms with Gasteiger partial charge in [-0.05, 0) is 50.1 Å². The molecule has 2 aliphatic heterocycles. The Hall–Kier alpha value is -2.37. The van der Waals surface area contributed by atoms with Crippen LogP contribution in [0.1, 0.15) is 49.4 Å². The number of fused-ring (bicyclic) bond motifs is 2. The number of para-hydroxylation sites is 3. The maximum atomic E-state index is 13.5. The number of carbonyl (C=O) groups is 2. The molecule has 1 saturated heterocycles. The molecule has 1 unspecified atom stereocenters. The minimum atomic E-state index is -0.0922. The normalized spacial score (nSPS) is 18.9. The van der Waals surface area contributed by atoms with Crippen molar-refractivity contribution >= 4 is 41.3 Å². The first-order valence-corrected chi connectivity index (χ1v) is 10.6. The van der Waals surface area contributed by atoms with Crippen molar-refractivity contribution in [2.45, 2.75) is 45.1 Å². The minimum Gasteiger partial charge on any atom is -0.309 e. The van der Waals surface area contributed by atoms with Gasteiger partial charge in [0.1, 0.15) is 0 Å². The maximum absolute atomic E-state index is 13.5. The Labute approximate surface area is 185 Å². The molecule has 0 saturated carbocycles. The van der Waals surface area contributed by atoms with E-state index in [1.54, 1.807) is 22.9 Å². The highest BCUT2D eigenvalue weighted by Gasteiger charge is 2.32. The second kappa shape index (κ2) is 9.63. The van der Waals surface area contributed by atoms with E-state index in [1.807, 2.05) is 42.5 Å². The molecule has 4 rings (SSSR count). The Morgan fingerprint density at radius 1 is 1.00 bits per heavy atom. The summed E-state index contributed by atoms with van der Waals surface area (Å²) in [4.78, 5) is 32.4. The minimum absolute atomic E-state index is 0. The summed E-state index contributed by atoms with van der Waals surface area (Å²) in [7, 11) is 1.77. The largest absolute Gasteiger partial charge is 0.309 e. The fraction of sp³-hybridized carbons (Fsp3) is 0.417. The van der Waals surface area contributed by atoms with E-state index >= 15 is 0 Å². The number of piperidine rings is 1. The summed E-state index contributed by atoms with van der Waals surface area (Å²) in [6.45, 7) is 4.07. The van der Waals surface area contributed by atoms with Crippen molar-refractivity contribution in [3.63, 3.8) is 0 Å². The van der Waals surface area contributed by atoms with Gasteiger partial charge < -0.3 is 4.90 Å². The molecule has 30 heavy (non-hydrogen) atoms. The number of anilines is 3. The lowest BCUT2D eigenvalue weighted by Crippen LogP contribution is -2.41. The van der Waals surface area contributed by atoms with E-state index < -0.39 is 0 Å². The standard InChI is InChI=1S/C24H29N3O2.ClH/c1-3-18-10-8-9-16-26(18)17-15-23(28)27-20-12-5-4-11-19(20)24(29)25(2)21-13-6-7-14-22(21)27;/h4-7,11-14,18H,3,8-10,15-17H2,1-2H3;1H. The summed E-state index contributed by atoms with van der Waals surface area (Å²) in [5, 5.41) is 0. The van der Waals surface area contributed by atoms with Gasteiger partial charge in [0, 0.05) is 26.1 Å². The van der Waals surface area contributed by atoms with Crippen LogP contribution in [0.5, 0.6) is 0 Å². The van der Waals surface area contributed by atoms with Gasteiger partial charge >= 0.3 is 0 Å². The molecule has 2 heterocycles. The molecule has 160 valence electrons. The molecule has 0 N–H and O–H groups in total. The number of rotatable bonds is 4. The summed E-state index contributed by atoms with van der Waals surface area (Å²) in [6, 6.07) is 15.6. The number of hydrogen-bond donors (Lipinski definition) is 0. The number of amides is 2. The van der Waals surface area contributed by atoms with Gasteiger partial charge in [-0.2, -0.15) is 0 Å². The SMILES string of the molecule is CCC1CCCCN1CCC(=O)N1c2ccccc2C(=O)N(C)c2ccccc21.Cl. The molecule has 2 amide bonds. The first-order chi connectivity index (χ1) is 14.1. The number of nitrogens with zero attached hydrogens (tertiary/aromatic N) is 3. The van der Waals surface area contributed by atoms with E-state index in [2.05, 4.69) is 11.8 Å². The molecule has 0 aromatic heterocycles. The highest BCUT2D eigenvalue weighted by atomic mass is 35.5. The summed E-state index contributed by atoms with van der Waals surface area (Å²) in [5.41, 5.74) is 2.75. The molecule has 2 aromatic carbocycles. The van der Waals surface area contributed by atoms with Crippen molar-refractivity contribution in [2.75, 3.05) is 29.9 Å². The van der Waals surface area contributed by atoms with Crippen LogP contribution in [-0.4, -0.2) is 42.9 Å². The molecule has 0 aliphatic carbocycles. The number of likely N-dealkylation sites (tertiary alicyclic amines) is 1. The van der Waals surface area contributed by atoms with Crippen LogP contribution in [0.3, 0.4) is 0 Å². The maximum Gasteiger partial charge on any atom is 0.260 e. The van der Waals surface area contributed by atoms with Gasteiger partial charge in [-0.3, -0.25) is 19.4 Å². The predicted octanol–water partition coefficient (Wildman–Crippen LogP) is 5.02. The van der Waals surface area contributed by atoms with Gasteiger partial charge in [0.25, 0.3) is 5.91 Å². The van der Waals surface area contributed by atoms with Gasteiger partial charge in [0.2, 0.25) is 5.91 Å². The third-order valence-electron chi connectivity index (χ3n) is 6.25. The van der Waals surface area contributed by atoms with Crippen molar-refractivity contribution in [3.05, 3.63) is 54.1 Å². The Kier molecular flexibility index (Phi) is 7.16. The van der Waals surface area contributed by atoms with Gasteiger partial charge in [-0.1, -0.05) is 37.6 Å². The Bertz CT molecular complexity index is 917. The lowest BCUT2D eigenvalue weighted by atomic mass is 10.00. The monoisotopic (exact) mass is 427 g/mol. The molecule has 2 aromatic rings. The lowest BCUT2D eigenvalue weighted by molar-refractivity contribution is -0.118. The van der Waals surface area contributed by atoms with Crippen molar-refractivity contribution in [3.8, 4) is 0 Å². The Morgan fingerprint density at radius 3 is 2.40 bits per heavy atom. The van der Waals surface area contributed by atoms with Crippen LogP contribution in [-0.2, 0) is 4.79 Å². The Morgan fingerprint density at radius 2 is 1.67 bits per heavy atom. The summed E-state index contributed by atoms with van der Waals surface area (Å²) in [6.07, 6.45) is 5.28. The molecule has 0 radical (unpaired) electrons. The van der Waals surface area contributed by atoms with E-state index in [0.717, 1.165) is 30.9 Å². The molecule has 1 atom stereocenters. The molecule has 6 heteroatoms. The smallest absolute Gasteiger partial charge is 0.260 e. The third kappa shape index (κ3) is 4.09. The van der Waals surface area contributed by atoms with Gasteiger partial charge in [-0.15, -0.1) is 12.4 Å². The van der Waals surface area contributed by atoms with E-state index in [1.165, 1.54) is 19.3 Å².